The number of benzene rings is 3. The van der Waals surface area contributed by atoms with Crippen molar-refractivity contribution in [2.75, 3.05) is 10.6 Å². The Morgan fingerprint density at radius 1 is 0.917 bits per heavy atom. The lowest BCUT2D eigenvalue weighted by atomic mass is 10.1. The molecule has 2 aliphatic rings. The summed E-state index contributed by atoms with van der Waals surface area (Å²) in [5.41, 5.74) is 5.83. The highest BCUT2D eigenvalue weighted by Crippen LogP contribution is 2.34. The van der Waals surface area contributed by atoms with Crippen LogP contribution in [0.5, 0.6) is 0 Å². The predicted molar refractivity (Wildman–Crippen MR) is 137 cm³/mol. The molecule has 4 aromatic rings. The van der Waals surface area contributed by atoms with E-state index in [4.69, 9.17) is 0 Å². The number of hydrogen-bond acceptors (Lipinski definition) is 6. The standard InChI is InChI=1S/C27H23N5O3S/c33-25-15-18-16-28-27(31-26(18)22-7-3-4-8-23(22)30-25)29-19-10-12-20(13-11-19)36(34,35)32-24-14-9-17-5-1-2-6-21(17)24/h1-8,10-13,16,24,32H,9,14-15H2,(H,30,33)(H,28,29,31)/t24-/m1/s1. The van der Waals surface area contributed by atoms with Gasteiger partial charge in [-0.15, -0.1) is 0 Å². The lowest BCUT2D eigenvalue weighted by Gasteiger charge is -2.15. The maximum atomic E-state index is 13.0. The highest BCUT2D eigenvalue weighted by Gasteiger charge is 2.27. The van der Waals surface area contributed by atoms with Crippen molar-refractivity contribution >= 4 is 33.3 Å². The smallest absolute Gasteiger partial charge is 0.241 e. The summed E-state index contributed by atoms with van der Waals surface area (Å²) in [7, 11) is -3.68. The molecule has 1 aromatic heterocycles. The van der Waals surface area contributed by atoms with Crippen LogP contribution in [0.1, 0.15) is 29.2 Å². The molecule has 0 saturated carbocycles. The molecule has 6 rings (SSSR count). The average molecular weight is 498 g/mol. The number of rotatable bonds is 5. The van der Waals surface area contributed by atoms with Gasteiger partial charge in [-0.25, -0.2) is 23.1 Å². The second kappa shape index (κ2) is 8.85. The maximum absolute atomic E-state index is 13.0. The Morgan fingerprint density at radius 3 is 2.56 bits per heavy atom. The second-order valence-corrected chi connectivity index (χ2v) is 10.6. The second-order valence-electron chi connectivity index (χ2n) is 8.90. The minimum Gasteiger partial charge on any atom is -0.325 e. The number of fused-ring (bicyclic) bond motifs is 4. The topological polar surface area (TPSA) is 113 Å². The van der Waals surface area contributed by atoms with Crippen molar-refractivity contribution in [3.63, 3.8) is 0 Å². The molecular weight excluding hydrogens is 474 g/mol. The Balaban J connectivity index is 1.22. The molecule has 0 radical (unpaired) electrons. The van der Waals surface area contributed by atoms with Crippen LogP contribution in [-0.2, 0) is 27.7 Å². The third kappa shape index (κ3) is 4.23. The van der Waals surface area contributed by atoms with Gasteiger partial charge in [-0.05, 0) is 54.3 Å². The molecule has 9 heteroatoms. The average Bonchev–Trinajstić information content (AvgIpc) is 3.21. The molecule has 36 heavy (non-hydrogen) atoms. The molecule has 1 amide bonds. The monoisotopic (exact) mass is 497 g/mol. The summed E-state index contributed by atoms with van der Waals surface area (Å²) in [6.07, 6.45) is 3.45. The number of anilines is 3. The minimum absolute atomic E-state index is 0.114. The van der Waals surface area contributed by atoms with E-state index in [1.54, 1.807) is 30.5 Å². The summed E-state index contributed by atoms with van der Waals surface area (Å²) in [6, 6.07) is 21.7. The molecule has 180 valence electrons. The molecule has 3 N–H and O–H groups in total. The van der Waals surface area contributed by atoms with E-state index in [1.165, 1.54) is 5.56 Å². The van der Waals surface area contributed by atoms with Crippen LogP contribution in [0, 0.1) is 0 Å². The number of aromatic nitrogens is 2. The van der Waals surface area contributed by atoms with Crippen LogP contribution in [0.2, 0.25) is 0 Å². The van der Waals surface area contributed by atoms with Gasteiger partial charge in [-0.3, -0.25) is 4.79 Å². The van der Waals surface area contributed by atoms with E-state index in [0.717, 1.165) is 29.5 Å². The number of sulfonamides is 1. The van der Waals surface area contributed by atoms with Gasteiger partial charge in [0, 0.05) is 29.1 Å². The summed E-state index contributed by atoms with van der Waals surface area (Å²) in [5, 5.41) is 6.04. The zero-order valence-electron chi connectivity index (χ0n) is 19.2. The Hall–Kier alpha value is -4.08. The molecule has 1 aliphatic carbocycles. The van der Waals surface area contributed by atoms with Gasteiger partial charge in [0.1, 0.15) is 0 Å². The van der Waals surface area contributed by atoms with Crippen molar-refractivity contribution in [1.82, 2.24) is 14.7 Å². The van der Waals surface area contributed by atoms with Crippen molar-refractivity contribution in [2.24, 2.45) is 0 Å². The van der Waals surface area contributed by atoms with Gasteiger partial charge < -0.3 is 10.6 Å². The van der Waals surface area contributed by atoms with Crippen LogP contribution >= 0.6 is 0 Å². The quantitative estimate of drug-likeness (QED) is 0.378. The van der Waals surface area contributed by atoms with Gasteiger partial charge in [0.2, 0.25) is 21.9 Å². The number of para-hydroxylation sites is 1. The molecule has 0 saturated heterocycles. The van der Waals surface area contributed by atoms with E-state index in [9.17, 15) is 13.2 Å². The van der Waals surface area contributed by atoms with E-state index >= 15 is 0 Å². The van der Waals surface area contributed by atoms with Crippen molar-refractivity contribution in [3.8, 4) is 11.3 Å². The molecular formula is C27H23N5O3S. The molecule has 1 atom stereocenters. The van der Waals surface area contributed by atoms with Crippen molar-refractivity contribution in [1.29, 1.82) is 0 Å². The molecule has 1 aliphatic heterocycles. The fourth-order valence-electron chi connectivity index (χ4n) is 4.78. The fourth-order valence-corrected chi connectivity index (χ4v) is 6.03. The zero-order chi connectivity index (χ0) is 24.7. The molecule has 0 bridgehead atoms. The minimum atomic E-state index is -3.68. The summed E-state index contributed by atoms with van der Waals surface area (Å²) >= 11 is 0. The third-order valence-corrected chi connectivity index (χ3v) is 8.01. The van der Waals surface area contributed by atoms with Gasteiger partial charge in [0.15, 0.2) is 0 Å². The number of carbonyl (C=O) groups is 1. The number of amides is 1. The first kappa shape index (κ1) is 22.4. The van der Waals surface area contributed by atoms with Gasteiger partial charge in [-0.2, -0.15) is 0 Å². The Labute approximate surface area is 208 Å². The summed E-state index contributed by atoms with van der Waals surface area (Å²) in [6.45, 7) is 0. The van der Waals surface area contributed by atoms with Crippen LogP contribution in [0.4, 0.5) is 17.3 Å². The first-order chi connectivity index (χ1) is 17.5. The highest BCUT2D eigenvalue weighted by molar-refractivity contribution is 7.89. The van der Waals surface area contributed by atoms with E-state index in [1.807, 2.05) is 48.5 Å². The van der Waals surface area contributed by atoms with Crippen LogP contribution in [0.25, 0.3) is 11.3 Å². The number of aryl methyl sites for hydroxylation is 1. The van der Waals surface area contributed by atoms with E-state index < -0.39 is 10.0 Å². The van der Waals surface area contributed by atoms with Gasteiger partial charge in [-0.1, -0.05) is 42.5 Å². The van der Waals surface area contributed by atoms with E-state index in [-0.39, 0.29) is 23.3 Å². The van der Waals surface area contributed by atoms with Gasteiger partial charge >= 0.3 is 0 Å². The normalized spacial score (nSPS) is 16.3. The van der Waals surface area contributed by atoms with Crippen LogP contribution < -0.4 is 15.4 Å². The molecule has 3 aromatic carbocycles. The predicted octanol–water partition coefficient (Wildman–Crippen LogP) is 4.35. The summed E-state index contributed by atoms with van der Waals surface area (Å²) in [4.78, 5) is 21.4. The zero-order valence-corrected chi connectivity index (χ0v) is 20.0. The molecule has 0 unspecified atom stereocenters. The number of carbonyl (C=O) groups excluding carboxylic acids is 1. The van der Waals surface area contributed by atoms with E-state index in [0.29, 0.717) is 23.0 Å². The maximum Gasteiger partial charge on any atom is 0.241 e. The Kier molecular flexibility index (Phi) is 5.50. The molecule has 8 nitrogen and oxygen atoms in total. The number of nitrogens with one attached hydrogen (secondary N) is 3. The van der Waals surface area contributed by atoms with Gasteiger partial charge in [0.05, 0.1) is 22.7 Å². The van der Waals surface area contributed by atoms with Crippen molar-refractivity contribution < 1.29 is 13.2 Å². The SMILES string of the molecule is O=C1Cc2cnc(Nc3ccc(S(=O)(=O)N[C@@H]4CCc5ccccc54)cc3)nc2-c2ccccc2N1. The van der Waals surface area contributed by atoms with Crippen molar-refractivity contribution in [3.05, 3.63) is 95.7 Å². The molecule has 2 heterocycles. The van der Waals surface area contributed by atoms with Gasteiger partial charge in [0.25, 0.3) is 0 Å². The first-order valence-electron chi connectivity index (χ1n) is 11.7. The summed E-state index contributed by atoms with van der Waals surface area (Å²) < 4.78 is 28.9. The Morgan fingerprint density at radius 2 is 1.69 bits per heavy atom. The largest absolute Gasteiger partial charge is 0.325 e. The van der Waals surface area contributed by atoms with Crippen LogP contribution in [0.15, 0.2) is 83.9 Å². The molecule has 0 fully saturated rings. The van der Waals surface area contributed by atoms with E-state index in [2.05, 4.69) is 25.3 Å². The number of nitrogens with zero attached hydrogens (tertiary/aromatic N) is 2. The number of hydrogen-bond donors (Lipinski definition) is 3. The fraction of sp³-hybridized carbons (Fsp3) is 0.148. The van der Waals surface area contributed by atoms with Crippen LogP contribution in [0.3, 0.4) is 0 Å². The summed E-state index contributed by atoms with van der Waals surface area (Å²) in [5.74, 6) is 0.242. The third-order valence-electron chi connectivity index (χ3n) is 6.52. The van der Waals surface area contributed by atoms with Crippen LogP contribution in [-0.4, -0.2) is 24.3 Å². The lowest BCUT2D eigenvalue weighted by Crippen LogP contribution is -2.27. The Bertz CT molecular complexity index is 1590. The van der Waals surface area contributed by atoms with Crippen molar-refractivity contribution in [2.45, 2.75) is 30.2 Å². The lowest BCUT2D eigenvalue weighted by molar-refractivity contribution is -0.115. The molecule has 0 spiro atoms. The highest BCUT2D eigenvalue weighted by atomic mass is 32.2. The first-order valence-corrected chi connectivity index (χ1v) is 13.2.